The number of carbonyl (C=O) groups excluding carboxylic acids is 1. The number of amides is 1. The fraction of sp³-hybridized carbons (Fsp3) is 0.500. The lowest BCUT2D eigenvalue weighted by Gasteiger charge is -2.16. The topological polar surface area (TPSA) is 41.1 Å². The van der Waals surface area contributed by atoms with Crippen LogP contribution in [0.4, 0.5) is 0 Å². The van der Waals surface area contributed by atoms with E-state index >= 15 is 0 Å². The summed E-state index contributed by atoms with van der Waals surface area (Å²) >= 11 is 0. The summed E-state index contributed by atoms with van der Waals surface area (Å²) in [6.07, 6.45) is 2.90. The molecule has 0 aliphatic carbocycles. The fourth-order valence-electron chi connectivity index (χ4n) is 2.46. The normalized spacial score (nSPS) is 19.4. The molecule has 0 fully saturated rings. The zero-order chi connectivity index (χ0) is 12.1. The Hall–Kier alpha value is -1.35. The molecule has 1 unspecified atom stereocenters. The van der Waals surface area contributed by atoms with Gasteiger partial charge in [-0.15, -0.1) is 0 Å². The molecule has 1 aliphatic heterocycles. The van der Waals surface area contributed by atoms with Crippen molar-refractivity contribution in [2.24, 2.45) is 0 Å². The van der Waals surface area contributed by atoms with Crippen LogP contribution in [0.25, 0.3) is 0 Å². The predicted octanol–water partition coefficient (Wildman–Crippen LogP) is 1.44. The highest BCUT2D eigenvalue weighted by Crippen LogP contribution is 2.27. The summed E-state index contributed by atoms with van der Waals surface area (Å²) in [6, 6.07) is 8.33. The van der Waals surface area contributed by atoms with E-state index in [0.717, 1.165) is 32.4 Å². The average molecular weight is 232 g/mol. The number of benzene rings is 1. The molecule has 1 aromatic rings. The van der Waals surface area contributed by atoms with Gasteiger partial charge in [-0.25, -0.2) is 0 Å². The molecule has 1 heterocycles. The zero-order valence-corrected chi connectivity index (χ0v) is 10.3. The summed E-state index contributed by atoms with van der Waals surface area (Å²) < 4.78 is 0. The van der Waals surface area contributed by atoms with E-state index in [-0.39, 0.29) is 11.8 Å². The molecule has 92 valence electrons. The maximum absolute atomic E-state index is 12.0. The standard InChI is InChI=1S/C14H20N2O/c1-15-9-4-7-13-12-6-3-2-5-11(12)8-10-16-14(13)17/h2-3,5-6,13,15H,4,7-10H2,1H3,(H,16,17). The van der Waals surface area contributed by atoms with Gasteiger partial charge in [-0.2, -0.15) is 0 Å². The number of carbonyl (C=O) groups is 1. The van der Waals surface area contributed by atoms with Gasteiger partial charge in [0, 0.05) is 6.54 Å². The summed E-state index contributed by atoms with van der Waals surface area (Å²) in [5, 5.41) is 6.14. The van der Waals surface area contributed by atoms with Crippen LogP contribution >= 0.6 is 0 Å². The zero-order valence-electron chi connectivity index (χ0n) is 10.3. The summed E-state index contributed by atoms with van der Waals surface area (Å²) in [7, 11) is 1.95. The van der Waals surface area contributed by atoms with E-state index in [1.54, 1.807) is 0 Å². The van der Waals surface area contributed by atoms with Gasteiger partial charge in [0.1, 0.15) is 0 Å². The first-order valence-electron chi connectivity index (χ1n) is 6.33. The Balaban J connectivity index is 2.18. The van der Waals surface area contributed by atoms with Crippen molar-refractivity contribution >= 4 is 5.91 Å². The molecule has 1 amide bonds. The summed E-state index contributed by atoms with van der Waals surface area (Å²) in [4.78, 5) is 12.0. The van der Waals surface area contributed by atoms with E-state index in [2.05, 4.69) is 28.8 Å². The first-order valence-corrected chi connectivity index (χ1v) is 6.33. The molecule has 1 aromatic carbocycles. The van der Waals surface area contributed by atoms with Crippen LogP contribution in [0.2, 0.25) is 0 Å². The molecule has 0 spiro atoms. The van der Waals surface area contributed by atoms with Crippen molar-refractivity contribution in [2.75, 3.05) is 20.1 Å². The number of rotatable bonds is 4. The summed E-state index contributed by atoms with van der Waals surface area (Å²) in [6.45, 7) is 1.73. The van der Waals surface area contributed by atoms with Crippen LogP contribution in [-0.4, -0.2) is 26.0 Å². The molecule has 2 rings (SSSR count). The lowest BCUT2D eigenvalue weighted by Crippen LogP contribution is -2.28. The number of fused-ring (bicyclic) bond motifs is 1. The van der Waals surface area contributed by atoms with Gasteiger partial charge < -0.3 is 10.6 Å². The minimum Gasteiger partial charge on any atom is -0.355 e. The molecule has 0 saturated carbocycles. The monoisotopic (exact) mass is 232 g/mol. The molecule has 0 saturated heterocycles. The molecule has 3 nitrogen and oxygen atoms in total. The Morgan fingerprint density at radius 1 is 1.41 bits per heavy atom. The van der Waals surface area contributed by atoms with E-state index in [1.165, 1.54) is 11.1 Å². The van der Waals surface area contributed by atoms with Crippen LogP contribution in [0.15, 0.2) is 24.3 Å². The maximum atomic E-state index is 12.0. The second kappa shape index (κ2) is 5.82. The van der Waals surface area contributed by atoms with E-state index in [9.17, 15) is 4.79 Å². The highest BCUT2D eigenvalue weighted by Gasteiger charge is 2.24. The quantitative estimate of drug-likeness (QED) is 0.771. The average Bonchev–Trinajstić information content (AvgIpc) is 2.50. The highest BCUT2D eigenvalue weighted by atomic mass is 16.1. The fourth-order valence-corrected chi connectivity index (χ4v) is 2.46. The number of hydrogen-bond acceptors (Lipinski definition) is 2. The van der Waals surface area contributed by atoms with Gasteiger partial charge in [-0.3, -0.25) is 4.79 Å². The lowest BCUT2D eigenvalue weighted by molar-refractivity contribution is -0.122. The van der Waals surface area contributed by atoms with Gasteiger partial charge in [-0.05, 0) is 44.0 Å². The number of nitrogens with one attached hydrogen (secondary N) is 2. The van der Waals surface area contributed by atoms with Crippen molar-refractivity contribution in [2.45, 2.75) is 25.2 Å². The van der Waals surface area contributed by atoms with Gasteiger partial charge in [0.25, 0.3) is 0 Å². The Labute approximate surface area is 103 Å². The number of hydrogen-bond donors (Lipinski definition) is 2. The maximum Gasteiger partial charge on any atom is 0.227 e. The minimum absolute atomic E-state index is 0.0297. The van der Waals surface area contributed by atoms with Crippen LogP contribution in [0, 0.1) is 0 Å². The molecule has 0 bridgehead atoms. The van der Waals surface area contributed by atoms with Crippen molar-refractivity contribution < 1.29 is 4.79 Å². The van der Waals surface area contributed by atoms with Crippen molar-refractivity contribution in [3.63, 3.8) is 0 Å². The molecular formula is C14H20N2O. The van der Waals surface area contributed by atoms with Gasteiger partial charge >= 0.3 is 0 Å². The van der Waals surface area contributed by atoms with Crippen LogP contribution in [0.1, 0.15) is 29.9 Å². The third-order valence-corrected chi connectivity index (χ3v) is 3.36. The Kier molecular flexibility index (Phi) is 4.15. The summed E-state index contributed by atoms with van der Waals surface area (Å²) in [5.41, 5.74) is 2.54. The second-order valence-electron chi connectivity index (χ2n) is 4.54. The highest BCUT2D eigenvalue weighted by molar-refractivity contribution is 5.84. The molecule has 3 heteroatoms. The van der Waals surface area contributed by atoms with Gasteiger partial charge in [0.05, 0.1) is 5.92 Å². The molecule has 0 radical (unpaired) electrons. The molecule has 0 aromatic heterocycles. The first kappa shape index (κ1) is 12.1. The molecule has 1 atom stereocenters. The molecule has 1 aliphatic rings. The van der Waals surface area contributed by atoms with E-state index in [1.807, 2.05) is 13.1 Å². The van der Waals surface area contributed by atoms with Crippen LogP contribution in [0.5, 0.6) is 0 Å². The SMILES string of the molecule is CNCCCC1C(=O)NCCc2ccccc21. The van der Waals surface area contributed by atoms with Crippen LogP contribution in [-0.2, 0) is 11.2 Å². The Morgan fingerprint density at radius 2 is 2.24 bits per heavy atom. The van der Waals surface area contributed by atoms with Crippen molar-refractivity contribution in [3.05, 3.63) is 35.4 Å². The second-order valence-corrected chi connectivity index (χ2v) is 4.54. The predicted molar refractivity (Wildman–Crippen MR) is 69.1 cm³/mol. The Bertz CT molecular complexity index is 390. The molecule has 2 N–H and O–H groups in total. The smallest absolute Gasteiger partial charge is 0.227 e. The van der Waals surface area contributed by atoms with Gasteiger partial charge in [0.2, 0.25) is 5.91 Å². The van der Waals surface area contributed by atoms with Crippen molar-refractivity contribution in [1.29, 1.82) is 0 Å². The van der Waals surface area contributed by atoms with E-state index in [0.29, 0.717) is 0 Å². The van der Waals surface area contributed by atoms with Crippen LogP contribution < -0.4 is 10.6 Å². The molecule has 17 heavy (non-hydrogen) atoms. The van der Waals surface area contributed by atoms with Crippen molar-refractivity contribution in [3.8, 4) is 0 Å². The van der Waals surface area contributed by atoms with Crippen LogP contribution in [0.3, 0.4) is 0 Å². The van der Waals surface area contributed by atoms with E-state index < -0.39 is 0 Å². The van der Waals surface area contributed by atoms with E-state index in [4.69, 9.17) is 0 Å². The largest absolute Gasteiger partial charge is 0.355 e. The minimum atomic E-state index is 0.0297. The van der Waals surface area contributed by atoms with Crippen molar-refractivity contribution in [1.82, 2.24) is 10.6 Å². The Morgan fingerprint density at radius 3 is 3.06 bits per heavy atom. The summed E-state index contributed by atoms with van der Waals surface area (Å²) in [5.74, 6) is 0.216. The van der Waals surface area contributed by atoms with Gasteiger partial charge in [-0.1, -0.05) is 24.3 Å². The molecular weight excluding hydrogens is 212 g/mol. The van der Waals surface area contributed by atoms with Gasteiger partial charge in [0.15, 0.2) is 0 Å². The third-order valence-electron chi connectivity index (χ3n) is 3.36. The third kappa shape index (κ3) is 2.86. The lowest BCUT2D eigenvalue weighted by atomic mass is 9.90. The first-order chi connectivity index (χ1) is 8.33.